The maximum atomic E-state index is 11.5. The number of rotatable bonds is 5. The molecule has 0 spiro atoms. The molecule has 6 heteroatoms. The molecule has 0 bridgehead atoms. The molecular weight excluding hydrogens is 284 g/mol. The zero-order valence-corrected chi connectivity index (χ0v) is 11.5. The van der Waals surface area contributed by atoms with Crippen LogP contribution >= 0.6 is 11.6 Å². The molecule has 0 N–H and O–H groups in total. The van der Waals surface area contributed by atoms with Gasteiger partial charge in [-0.1, -0.05) is 24.9 Å². The summed E-state index contributed by atoms with van der Waals surface area (Å²) in [7, 11) is 0. The van der Waals surface area contributed by atoms with Crippen LogP contribution in [0.1, 0.15) is 18.9 Å². The van der Waals surface area contributed by atoms with E-state index < -0.39 is 18.2 Å². The highest BCUT2D eigenvalue weighted by Crippen LogP contribution is 2.31. The summed E-state index contributed by atoms with van der Waals surface area (Å²) in [5.41, 5.74) is 0.694. The molecule has 0 saturated heterocycles. The molecule has 1 heterocycles. The lowest BCUT2D eigenvalue weighted by Gasteiger charge is -2.10. The Labute approximate surface area is 119 Å². The van der Waals surface area contributed by atoms with Crippen molar-refractivity contribution in [1.29, 1.82) is 0 Å². The fourth-order valence-electron chi connectivity index (χ4n) is 1.95. The van der Waals surface area contributed by atoms with E-state index in [1.54, 1.807) is 6.07 Å². The molecule has 20 heavy (non-hydrogen) atoms. The Balaban J connectivity index is 2.53. The molecule has 0 aliphatic rings. The summed E-state index contributed by atoms with van der Waals surface area (Å²) in [5, 5.41) is 11.4. The summed E-state index contributed by atoms with van der Waals surface area (Å²) >= 11 is 6.04. The predicted octanol–water partition coefficient (Wildman–Crippen LogP) is 1.53. The van der Waals surface area contributed by atoms with Crippen LogP contribution in [-0.2, 0) is 11.2 Å². The lowest BCUT2D eigenvalue weighted by atomic mass is 10.1. The number of carboxylic acid groups (broad SMARTS) is 1. The molecule has 0 aliphatic heterocycles. The number of hydrogen-bond donors (Lipinski definition) is 0. The predicted molar refractivity (Wildman–Crippen MR) is 72.0 cm³/mol. The lowest BCUT2D eigenvalue weighted by molar-refractivity contribution is -0.307. The first kappa shape index (κ1) is 14.4. The van der Waals surface area contributed by atoms with Gasteiger partial charge in [-0.15, -0.1) is 0 Å². The quantitative estimate of drug-likeness (QED) is 0.782. The molecule has 0 aliphatic carbocycles. The average molecular weight is 296 g/mol. The fourth-order valence-corrected chi connectivity index (χ4v) is 2.17. The van der Waals surface area contributed by atoms with E-state index in [2.05, 4.69) is 0 Å². The van der Waals surface area contributed by atoms with E-state index in [1.807, 2.05) is 6.92 Å². The van der Waals surface area contributed by atoms with E-state index >= 15 is 0 Å². The van der Waals surface area contributed by atoms with Crippen LogP contribution < -0.4 is 15.5 Å². The Bertz CT molecular complexity index is 705. The van der Waals surface area contributed by atoms with Gasteiger partial charge in [0.15, 0.2) is 0 Å². The van der Waals surface area contributed by atoms with Gasteiger partial charge in [0.2, 0.25) is 0 Å². The summed E-state index contributed by atoms with van der Waals surface area (Å²) in [6, 6.07) is 4.46. The largest absolute Gasteiger partial charge is 0.546 e. The third kappa shape index (κ3) is 3.11. The van der Waals surface area contributed by atoms with Crippen LogP contribution in [0.2, 0.25) is 5.02 Å². The molecule has 106 valence electrons. The van der Waals surface area contributed by atoms with Crippen molar-refractivity contribution in [3.8, 4) is 5.75 Å². The van der Waals surface area contributed by atoms with Gasteiger partial charge in [0, 0.05) is 17.5 Å². The highest BCUT2D eigenvalue weighted by atomic mass is 35.5. The third-order valence-electron chi connectivity index (χ3n) is 2.75. The molecule has 0 atom stereocenters. The van der Waals surface area contributed by atoms with Crippen molar-refractivity contribution in [2.45, 2.75) is 19.8 Å². The molecule has 2 aromatic rings. The number of fused-ring (bicyclic) bond motifs is 1. The van der Waals surface area contributed by atoms with Crippen molar-refractivity contribution in [2.75, 3.05) is 6.61 Å². The highest BCUT2D eigenvalue weighted by Gasteiger charge is 2.10. The van der Waals surface area contributed by atoms with Crippen LogP contribution in [0.15, 0.2) is 27.4 Å². The highest BCUT2D eigenvalue weighted by molar-refractivity contribution is 6.32. The number of carboxylic acids is 1. The Hall–Kier alpha value is -2.01. The van der Waals surface area contributed by atoms with E-state index in [0.717, 1.165) is 23.8 Å². The van der Waals surface area contributed by atoms with Gasteiger partial charge in [-0.05, 0) is 18.1 Å². The summed E-state index contributed by atoms with van der Waals surface area (Å²) in [4.78, 5) is 21.9. The first-order valence-electron chi connectivity index (χ1n) is 6.10. The first-order valence-corrected chi connectivity index (χ1v) is 6.48. The van der Waals surface area contributed by atoms with Gasteiger partial charge in [0.25, 0.3) is 0 Å². The molecule has 0 unspecified atom stereocenters. The van der Waals surface area contributed by atoms with Crippen molar-refractivity contribution >= 4 is 28.5 Å². The lowest BCUT2D eigenvalue weighted by Crippen LogP contribution is -2.29. The van der Waals surface area contributed by atoms with E-state index in [-0.39, 0.29) is 10.8 Å². The van der Waals surface area contributed by atoms with Crippen LogP contribution in [0.5, 0.6) is 5.75 Å². The Kier molecular flexibility index (Phi) is 4.29. The topological polar surface area (TPSA) is 79.6 Å². The average Bonchev–Trinajstić information content (AvgIpc) is 2.37. The van der Waals surface area contributed by atoms with Crippen molar-refractivity contribution in [1.82, 2.24) is 0 Å². The maximum Gasteiger partial charge on any atom is 0.336 e. The zero-order valence-electron chi connectivity index (χ0n) is 10.8. The molecule has 5 nitrogen and oxygen atoms in total. The van der Waals surface area contributed by atoms with Crippen LogP contribution in [0.25, 0.3) is 11.0 Å². The molecular formula is C14H12ClO5-. The molecule has 2 rings (SSSR count). The minimum Gasteiger partial charge on any atom is -0.546 e. The number of carbonyl (C=O) groups excluding carboxylic acids is 1. The molecule has 1 aromatic carbocycles. The Morgan fingerprint density at radius 2 is 2.15 bits per heavy atom. The second-order valence-electron chi connectivity index (χ2n) is 4.28. The third-order valence-corrected chi connectivity index (χ3v) is 3.04. The SMILES string of the molecule is CCCc1cc(=O)oc2cc(OCC(=O)[O-])c(Cl)cc12. The summed E-state index contributed by atoms with van der Waals surface area (Å²) in [6.45, 7) is 1.38. The number of hydrogen-bond acceptors (Lipinski definition) is 5. The number of ether oxygens (including phenoxy) is 1. The van der Waals surface area contributed by atoms with Gasteiger partial charge in [-0.2, -0.15) is 0 Å². The second kappa shape index (κ2) is 5.96. The Morgan fingerprint density at radius 3 is 2.80 bits per heavy atom. The first-order chi connectivity index (χ1) is 9.51. The number of aryl methyl sites for hydroxylation is 1. The van der Waals surface area contributed by atoms with Crippen LogP contribution in [0, 0.1) is 0 Å². The molecule has 0 saturated carbocycles. The van der Waals surface area contributed by atoms with Crippen molar-refractivity contribution in [2.24, 2.45) is 0 Å². The second-order valence-corrected chi connectivity index (χ2v) is 4.69. The van der Waals surface area contributed by atoms with E-state index in [0.29, 0.717) is 5.58 Å². The minimum absolute atomic E-state index is 0.139. The van der Waals surface area contributed by atoms with E-state index in [9.17, 15) is 14.7 Å². The van der Waals surface area contributed by atoms with Crippen LogP contribution in [0.4, 0.5) is 0 Å². The normalized spacial score (nSPS) is 10.7. The van der Waals surface area contributed by atoms with E-state index in [4.69, 9.17) is 20.8 Å². The Morgan fingerprint density at radius 1 is 1.40 bits per heavy atom. The number of carbonyl (C=O) groups is 1. The van der Waals surface area contributed by atoms with Gasteiger partial charge in [0.1, 0.15) is 17.9 Å². The maximum absolute atomic E-state index is 11.5. The minimum atomic E-state index is -1.36. The number of benzene rings is 1. The van der Waals surface area contributed by atoms with Gasteiger partial charge in [-0.25, -0.2) is 4.79 Å². The molecule has 1 aromatic heterocycles. The summed E-state index contributed by atoms with van der Waals surface area (Å²) in [5.74, 6) is -1.22. The smallest absolute Gasteiger partial charge is 0.336 e. The standard InChI is InChI=1S/C14H13ClO5/c1-2-3-8-4-14(18)20-11-6-12(19-7-13(16)17)10(15)5-9(8)11/h4-6H,2-3,7H2,1H3,(H,16,17)/p-1. The molecule has 0 radical (unpaired) electrons. The fraction of sp³-hybridized carbons (Fsp3) is 0.286. The molecule has 0 fully saturated rings. The molecule has 0 amide bonds. The van der Waals surface area contributed by atoms with Gasteiger partial charge in [-0.3, -0.25) is 0 Å². The van der Waals surface area contributed by atoms with Gasteiger partial charge in [0.05, 0.1) is 11.0 Å². The van der Waals surface area contributed by atoms with Gasteiger partial charge >= 0.3 is 5.63 Å². The zero-order chi connectivity index (χ0) is 14.7. The van der Waals surface area contributed by atoms with Crippen molar-refractivity contribution in [3.63, 3.8) is 0 Å². The summed E-state index contributed by atoms with van der Waals surface area (Å²) in [6.07, 6.45) is 1.59. The van der Waals surface area contributed by atoms with Crippen LogP contribution in [-0.4, -0.2) is 12.6 Å². The van der Waals surface area contributed by atoms with Crippen molar-refractivity contribution in [3.05, 3.63) is 39.2 Å². The van der Waals surface area contributed by atoms with Gasteiger partial charge < -0.3 is 19.1 Å². The number of halogens is 1. The monoisotopic (exact) mass is 295 g/mol. The van der Waals surface area contributed by atoms with Crippen LogP contribution in [0.3, 0.4) is 0 Å². The number of aliphatic carboxylic acids is 1. The van der Waals surface area contributed by atoms with Crippen molar-refractivity contribution < 1.29 is 19.1 Å². The summed E-state index contributed by atoms with van der Waals surface area (Å²) < 4.78 is 10.1. The van der Waals surface area contributed by atoms with E-state index in [1.165, 1.54) is 12.1 Å².